The molecular formula is C21H24N2O. The molecule has 2 N–H and O–H groups in total. The first-order chi connectivity index (χ1) is 11.5. The Bertz CT molecular complexity index is 875. The van der Waals surface area contributed by atoms with E-state index in [1.165, 1.54) is 11.1 Å². The van der Waals surface area contributed by atoms with Gasteiger partial charge in [0.2, 0.25) is 0 Å². The maximum atomic E-state index is 12.6. The molecule has 0 aliphatic heterocycles. The third-order valence-corrected chi connectivity index (χ3v) is 4.81. The van der Waals surface area contributed by atoms with Crippen LogP contribution in [0.25, 0.3) is 10.9 Å². The number of amides is 1. The Morgan fingerprint density at radius 3 is 2.50 bits per heavy atom. The van der Waals surface area contributed by atoms with E-state index >= 15 is 0 Å². The second-order valence-electron chi connectivity index (χ2n) is 6.43. The monoisotopic (exact) mass is 320 g/mol. The molecule has 1 heterocycles. The Morgan fingerprint density at radius 2 is 1.83 bits per heavy atom. The van der Waals surface area contributed by atoms with E-state index in [4.69, 9.17) is 0 Å². The second-order valence-corrected chi connectivity index (χ2v) is 6.43. The van der Waals surface area contributed by atoms with Gasteiger partial charge in [0.1, 0.15) is 0 Å². The fraction of sp³-hybridized carbons (Fsp3) is 0.286. The van der Waals surface area contributed by atoms with Gasteiger partial charge in [-0.15, -0.1) is 0 Å². The van der Waals surface area contributed by atoms with E-state index in [1.54, 1.807) is 0 Å². The molecule has 0 aliphatic rings. The van der Waals surface area contributed by atoms with E-state index in [0.29, 0.717) is 5.56 Å². The van der Waals surface area contributed by atoms with Crippen LogP contribution in [0.2, 0.25) is 0 Å². The van der Waals surface area contributed by atoms with Crippen LogP contribution in [0, 0.1) is 13.8 Å². The number of aromatic nitrogens is 1. The number of rotatable bonds is 4. The van der Waals surface area contributed by atoms with E-state index in [9.17, 15) is 4.79 Å². The summed E-state index contributed by atoms with van der Waals surface area (Å²) in [6.07, 6.45) is 1.02. The molecule has 1 amide bonds. The summed E-state index contributed by atoms with van der Waals surface area (Å²) in [7, 11) is 0. The third kappa shape index (κ3) is 3.07. The summed E-state index contributed by atoms with van der Waals surface area (Å²) in [5.41, 5.74) is 6.54. The third-order valence-electron chi connectivity index (χ3n) is 4.81. The van der Waals surface area contributed by atoms with Gasteiger partial charge in [-0.1, -0.05) is 31.2 Å². The smallest absolute Gasteiger partial charge is 0.251 e. The number of nitrogens with one attached hydrogen (secondary N) is 2. The van der Waals surface area contributed by atoms with E-state index in [-0.39, 0.29) is 11.9 Å². The van der Waals surface area contributed by atoms with Crippen molar-refractivity contribution < 1.29 is 4.79 Å². The number of carbonyl (C=O) groups excluding carboxylic acids is 1. The SMILES string of the molecule is CCc1ccc([C@H](C)NC(=O)c2ccc3[nH]c(C)c(C)c3c2)cc1. The summed E-state index contributed by atoms with van der Waals surface area (Å²) in [5, 5.41) is 4.20. The zero-order valence-electron chi connectivity index (χ0n) is 14.7. The van der Waals surface area contributed by atoms with E-state index < -0.39 is 0 Å². The summed E-state index contributed by atoms with van der Waals surface area (Å²) in [6.45, 7) is 8.29. The first-order valence-electron chi connectivity index (χ1n) is 8.48. The van der Waals surface area contributed by atoms with Crippen molar-refractivity contribution in [3.05, 3.63) is 70.4 Å². The molecule has 3 rings (SSSR count). The summed E-state index contributed by atoms with van der Waals surface area (Å²) in [6, 6.07) is 14.2. The van der Waals surface area contributed by atoms with Crippen LogP contribution in [0.3, 0.4) is 0 Å². The molecule has 1 aromatic heterocycles. The van der Waals surface area contributed by atoms with Crippen LogP contribution in [0.15, 0.2) is 42.5 Å². The molecule has 2 aromatic carbocycles. The van der Waals surface area contributed by atoms with Gasteiger partial charge in [0.05, 0.1) is 6.04 Å². The molecule has 3 aromatic rings. The Morgan fingerprint density at radius 1 is 1.12 bits per heavy atom. The molecule has 124 valence electrons. The molecular weight excluding hydrogens is 296 g/mol. The van der Waals surface area contributed by atoms with E-state index in [1.807, 2.05) is 25.1 Å². The minimum atomic E-state index is -0.0396. The highest BCUT2D eigenvalue weighted by molar-refractivity contribution is 5.99. The Labute approximate surface area is 143 Å². The summed E-state index contributed by atoms with van der Waals surface area (Å²) in [4.78, 5) is 15.9. The zero-order chi connectivity index (χ0) is 17.3. The van der Waals surface area contributed by atoms with Crippen molar-refractivity contribution in [1.82, 2.24) is 10.3 Å². The molecule has 0 saturated heterocycles. The average molecular weight is 320 g/mol. The van der Waals surface area contributed by atoms with Crippen LogP contribution < -0.4 is 5.32 Å². The molecule has 0 bridgehead atoms. The standard InChI is InChI=1S/C21H24N2O/c1-5-16-6-8-17(9-7-16)15(4)23-21(24)18-10-11-20-19(12-18)13(2)14(3)22-20/h6-12,15,22H,5H2,1-4H3,(H,23,24)/t15-/m0/s1. The minimum absolute atomic E-state index is 0.0202. The van der Waals surface area contributed by atoms with Crippen molar-refractivity contribution in [1.29, 1.82) is 0 Å². The maximum Gasteiger partial charge on any atom is 0.251 e. The van der Waals surface area contributed by atoms with Gasteiger partial charge >= 0.3 is 0 Å². The molecule has 0 saturated carbocycles. The van der Waals surface area contributed by atoms with Gasteiger partial charge in [-0.25, -0.2) is 0 Å². The van der Waals surface area contributed by atoms with Crippen molar-refractivity contribution in [3.63, 3.8) is 0 Å². The molecule has 0 radical (unpaired) electrons. The van der Waals surface area contributed by atoms with Crippen LogP contribution >= 0.6 is 0 Å². The molecule has 24 heavy (non-hydrogen) atoms. The van der Waals surface area contributed by atoms with Crippen molar-refractivity contribution in [2.45, 2.75) is 40.2 Å². The normalized spacial score (nSPS) is 12.3. The van der Waals surface area contributed by atoms with Crippen LogP contribution in [0.1, 0.15) is 52.6 Å². The lowest BCUT2D eigenvalue weighted by atomic mass is 10.0. The maximum absolute atomic E-state index is 12.6. The van der Waals surface area contributed by atoms with Gasteiger partial charge in [-0.2, -0.15) is 0 Å². The molecule has 0 fully saturated rings. The summed E-state index contributed by atoms with van der Waals surface area (Å²) >= 11 is 0. The number of H-pyrrole nitrogens is 1. The van der Waals surface area contributed by atoms with Crippen LogP contribution in [-0.2, 0) is 6.42 Å². The first-order valence-corrected chi connectivity index (χ1v) is 8.48. The molecule has 3 heteroatoms. The molecule has 0 unspecified atom stereocenters. The number of aryl methyl sites for hydroxylation is 3. The van der Waals surface area contributed by atoms with Gasteiger partial charge < -0.3 is 10.3 Å². The lowest BCUT2D eigenvalue weighted by Gasteiger charge is -2.15. The fourth-order valence-electron chi connectivity index (χ4n) is 3.01. The van der Waals surface area contributed by atoms with Crippen molar-refractivity contribution in [3.8, 4) is 0 Å². The number of aromatic amines is 1. The van der Waals surface area contributed by atoms with Crippen molar-refractivity contribution >= 4 is 16.8 Å². The summed E-state index contributed by atoms with van der Waals surface area (Å²) in [5.74, 6) is -0.0396. The quantitative estimate of drug-likeness (QED) is 0.710. The number of fused-ring (bicyclic) bond motifs is 1. The molecule has 0 aliphatic carbocycles. The fourth-order valence-corrected chi connectivity index (χ4v) is 3.01. The van der Waals surface area contributed by atoms with Gasteiger partial charge in [-0.05, 0) is 62.1 Å². The summed E-state index contributed by atoms with van der Waals surface area (Å²) < 4.78 is 0. The Hall–Kier alpha value is -2.55. The Balaban J connectivity index is 1.79. The molecule has 1 atom stereocenters. The lowest BCUT2D eigenvalue weighted by molar-refractivity contribution is 0.0940. The van der Waals surface area contributed by atoms with Crippen molar-refractivity contribution in [2.75, 3.05) is 0 Å². The predicted molar refractivity (Wildman–Crippen MR) is 99.5 cm³/mol. The highest BCUT2D eigenvalue weighted by atomic mass is 16.1. The minimum Gasteiger partial charge on any atom is -0.358 e. The van der Waals surface area contributed by atoms with Crippen LogP contribution in [-0.4, -0.2) is 10.9 Å². The predicted octanol–water partition coefficient (Wildman–Crippen LogP) is 4.84. The first kappa shape index (κ1) is 16.3. The van der Waals surface area contributed by atoms with E-state index in [2.05, 4.69) is 55.3 Å². The number of carbonyl (C=O) groups is 1. The zero-order valence-corrected chi connectivity index (χ0v) is 14.7. The van der Waals surface area contributed by atoms with Crippen LogP contribution in [0.5, 0.6) is 0 Å². The topological polar surface area (TPSA) is 44.9 Å². The Kier molecular flexibility index (Phi) is 4.43. The van der Waals surface area contributed by atoms with Gasteiger partial charge in [0.15, 0.2) is 0 Å². The average Bonchev–Trinajstić information content (AvgIpc) is 2.88. The second kappa shape index (κ2) is 6.52. The lowest BCUT2D eigenvalue weighted by Crippen LogP contribution is -2.26. The van der Waals surface area contributed by atoms with Gasteiger partial charge in [0.25, 0.3) is 5.91 Å². The van der Waals surface area contributed by atoms with E-state index in [0.717, 1.165) is 28.6 Å². The highest BCUT2D eigenvalue weighted by Crippen LogP contribution is 2.23. The van der Waals surface area contributed by atoms with Gasteiger partial charge in [0, 0.05) is 22.2 Å². The number of hydrogen-bond donors (Lipinski definition) is 2. The number of hydrogen-bond acceptors (Lipinski definition) is 1. The van der Waals surface area contributed by atoms with Crippen molar-refractivity contribution in [2.24, 2.45) is 0 Å². The highest BCUT2D eigenvalue weighted by Gasteiger charge is 2.13. The number of benzene rings is 2. The van der Waals surface area contributed by atoms with Gasteiger partial charge in [-0.3, -0.25) is 4.79 Å². The largest absolute Gasteiger partial charge is 0.358 e. The van der Waals surface area contributed by atoms with Crippen LogP contribution in [0.4, 0.5) is 0 Å². The molecule has 3 nitrogen and oxygen atoms in total. The molecule has 0 spiro atoms.